The van der Waals surface area contributed by atoms with E-state index in [2.05, 4.69) is 12.2 Å². The first-order valence-corrected chi connectivity index (χ1v) is 10.2. The Hall–Kier alpha value is -3.86. The topological polar surface area (TPSA) is 68.5 Å². The second kappa shape index (κ2) is 8.88. The zero-order valence-electron chi connectivity index (χ0n) is 17.4. The highest BCUT2D eigenvalue weighted by Gasteiger charge is 2.25. The number of carbonyl (C=O) groups is 2. The molecule has 0 unspecified atom stereocenters. The molecule has 0 spiro atoms. The van der Waals surface area contributed by atoms with Crippen LogP contribution in [0.2, 0.25) is 0 Å². The van der Waals surface area contributed by atoms with Crippen molar-refractivity contribution in [3.05, 3.63) is 95.7 Å². The molecule has 1 aromatic heterocycles. The lowest BCUT2D eigenvalue weighted by atomic mass is 10.1. The van der Waals surface area contributed by atoms with Crippen LogP contribution in [0.4, 0.5) is 5.69 Å². The number of amides is 1. The van der Waals surface area contributed by atoms with Gasteiger partial charge in [0.25, 0.3) is 5.91 Å². The molecule has 156 valence electrons. The Labute approximate surface area is 180 Å². The number of ether oxygens (including phenoxy) is 1. The molecule has 5 heteroatoms. The highest BCUT2D eigenvalue weighted by molar-refractivity contribution is 6.17. The number of rotatable bonds is 7. The molecular weight excluding hydrogens is 390 g/mol. The van der Waals surface area contributed by atoms with Crippen molar-refractivity contribution in [3.8, 4) is 5.75 Å². The Bertz CT molecular complexity index is 1210. The van der Waals surface area contributed by atoms with E-state index < -0.39 is 6.10 Å². The number of para-hydroxylation sites is 1. The number of benzene rings is 3. The summed E-state index contributed by atoms with van der Waals surface area (Å²) in [5.41, 5.74) is 2.56. The molecular formula is C26H23NO4. The summed E-state index contributed by atoms with van der Waals surface area (Å²) in [5.74, 6) is 0.0433. The third-order valence-corrected chi connectivity index (χ3v) is 5.10. The molecule has 0 saturated carbocycles. The quantitative estimate of drug-likeness (QED) is 0.399. The van der Waals surface area contributed by atoms with E-state index >= 15 is 0 Å². The summed E-state index contributed by atoms with van der Waals surface area (Å²) >= 11 is 0. The number of anilines is 1. The van der Waals surface area contributed by atoms with E-state index in [1.54, 1.807) is 37.3 Å². The number of hydrogen-bond acceptors (Lipinski definition) is 4. The molecule has 0 fully saturated rings. The van der Waals surface area contributed by atoms with E-state index in [0.29, 0.717) is 28.0 Å². The summed E-state index contributed by atoms with van der Waals surface area (Å²) in [6.45, 7) is 3.75. The number of carbonyl (C=O) groups excluding carboxylic acids is 2. The van der Waals surface area contributed by atoms with Gasteiger partial charge in [0.2, 0.25) is 5.78 Å². The maximum Gasteiger partial charge on any atom is 0.265 e. The van der Waals surface area contributed by atoms with Crippen LogP contribution >= 0.6 is 0 Å². The van der Waals surface area contributed by atoms with Gasteiger partial charge < -0.3 is 14.5 Å². The molecule has 4 rings (SSSR count). The molecule has 3 aromatic carbocycles. The summed E-state index contributed by atoms with van der Waals surface area (Å²) in [6, 6.07) is 23.7. The third kappa shape index (κ3) is 4.36. The molecule has 0 aliphatic heterocycles. The highest BCUT2D eigenvalue weighted by Crippen LogP contribution is 2.32. The van der Waals surface area contributed by atoms with Gasteiger partial charge in [-0.05, 0) is 43.2 Å². The Morgan fingerprint density at radius 2 is 1.61 bits per heavy atom. The average molecular weight is 413 g/mol. The van der Waals surface area contributed by atoms with Crippen molar-refractivity contribution in [3.63, 3.8) is 0 Å². The van der Waals surface area contributed by atoms with Gasteiger partial charge in [-0.3, -0.25) is 9.59 Å². The van der Waals surface area contributed by atoms with Gasteiger partial charge in [-0.1, -0.05) is 61.5 Å². The van der Waals surface area contributed by atoms with E-state index in [0.717, 1.165) is 6.42 Å². The normalized spacial score (nSPS) is 11.8. The summed E-state index contributed by atoms with van der Waals surface area (Å²) in [5, 5.41) is 3.51. The molecule has 0 saturated heterocycles. The van der Waals surface area contributed by atoms with E-state index in [4.69, 9.17) is 9.15 Å². The summed E-state index contributed by atoms with van der Waals surface area (Å²) in [6.07, 6.45) is 0.170. The zero-order chi connectivity index (χ0) is 21.8. The average Bonchev–Trinajstić information content (AvgIpc) is 3.18. The Balaban J connectivity index is 1.60. The first kappa shape index (κ1) is 20.4. The number of fused-ring (bicyclic) bond motifs is 1. The number of furan rings is 1. The Morgan fingerprint density at radius 1 is 0.935 bits per heavy atom. The van der Waals surface area contributed by atoms with Gasteiger partial charge in [-0.25, -0.2) is 0 Å². The number of ketones is 1. The first-order chi connectivity index (χ1) is 15.1. The molecule has 0 aliphatic carbocycles. The minimum Gasteiger partial charge on any atom is -0.481 e. The summed E-state index contributed by atoms with van der Waals surface area (Å²) < 4.78 is 11.6. The predicted molar refractivity (Wildman–Crippen MR) is 121 cm³/mol. The molecule has 5 nitrogen and oxygen atoms in total. The van der Waals surface area contributed by atoms with E-state index in [1.165, 1.54) is 5.56 Å². The van der Waals surface area contributed by atoms with Crippen LogP contribution in [0.5, 0.6) is 5.75 Å². The van der Waals surface area contributed by atoms with Crippen molar-refractivity contribution in [1.29, 1.82) is 0 Å². The lowest BCUT2D eigenvalue weighted by Gasteiger charge is -2.15. The molecule has 1 amide bonds. The minimum atomic E-state index is -0.763. The minimum absolute atomic E-state index is 0.0975. The van der Waals surface area contributed by atoms with Gasteiger partial charge >= 0.3 is 0 Å². The van der Waals surface area contributed by atoms with Crippen LogP contribution in [0.3, 0.4) is 0 Å². The monoisotopic (exact) mass is 413 g/mol. The van der Waals surface area contributed by atoms with E-state index in [-0.39, 0.29) is 17.5 Å². The number of aryl methyl sites for hydroxylation is 1. The standard InChI is InChI=1S/C26H23NO4/c1-3-18-13-15-20(16-14-18)30-17(2)26(29)27-23-21-11-7-8-12-22(21)31-25(23)24(28)19-9-5-4-6-10-19/h4-17H,3H2,1-2H3,(H,27,29)/t17-/m0/s1. The van der Waals surface area contributed by atoms with Gasteiger partial charge in [0.05, 0.1) is 5.69 Å². The van der Waals surface area contributed by atoms with Gasteiger partial charge in [-0.15, -0.1) is 0 Å². The SMILES string of the molecule is CCc1ccc(O[C@@H](C)C(=O)Nc2c(C(=O)c3ccccc3)oc3ccccc23)cc1. The second-order valence-electron chi connectivity index (χ2n) is 7.24. The van der Waals surface area contributed by atoms with Gasteiger partial charge in [0, 0.05) is 10.9 Å². The molecule has 4 aromatic rings. The number of hydrogen-bond donors (Lipinski definition) is 1. The van der Waals surface area contributed by atoms with Crippen LogP contribution in [0, 0.1) is 0 Å². The zero-order valence-corrected chi connectivity index (χ0v) is 17.4. The van der Waals surface area contributed by atoms with Crippen molar-refractivity contribution in [2.45, 2.75) is 26.4 Å². The van der Waals surface area contributed by atoms with Crippen molar-refractivity contribution >= 4 is 28.3 Å². The van der Waals surface area contributed by atoms with Crippen LogP contribution < -0.4 is 10.1 Å². The van der Waals surface area contributed by atoms with Crippen molar-refractivity contribution < 1.29 is 18.7 Å². The largest absolute Gasteiger partial charge is 0.481 e. The molecule has 1 atom stereocenters. The van der Waals surface area contributed by atoms with Crippen molar-refractivity contribution in [2.75, 3.05) is 5.32 Å². The Morgan fingerprint density at radius 3 is 2.32 bits per heavy atom. The van der Waals surface area contributed by atoms with Gasteiger partial charge in [0.1, 0.15) is 11.3 Å². The van der Waals surface area contributed by atoms with Crippen LogP contribution in [0.1, 0.15) is 35.5 Å². The fourth-order valence-corrected chi connectivity index (χ4v) is 3.34. The summed E-state index contributed by atoms with van der Waals surface area (Å²) in [4.78, 5) is 26.0. The predicted octanol–water partition coefficient (Wildman–Crippen LogP) is 5.63. The number of nitrogens with one attached hydrogen (secondary N) is 1. The fourth-order valence-electron chi connectivity index (χ4n) is 3.34. The van der Waals surface area contributed by atoms with E-state index in [1.807, 2.05) is 48.5 Å². The van der Waals surface area contributed by atoms with Crippen LogP contribution in [0.15, 0.2) is 83.3 Å². The molecule has 1 N–H and O–H groups in total. The summed E-state index contributed by atoms with van der Waals surface area (Å²) in [7, 11) is 0. The molecule has 1 heterocycles. The molecule has 0 radical (unpaired) electrons. The lowest BCUT2D eigenvalue weighted by molar-refractivity contribution is -0.122. The second-order valence-corrected chi connectivity index (χ2v) is 7.24. The van der Waals surface area contributed by atoms with E-state index in [9.17, 15) is 9.59 Å². The fraction of sp³-hybridized carbons (Fsp3) is 0.154. The van der Waals surface area contributed by atoms with Gasteiger partial charge in [0.15, 0.2) is 11.9 Å². The van der Waals surface area contributed by atoms with Crippen molar-refractivity contribution in [1.82, 2.24) is 0 Å². The molecule has 31 heavy (non-hydrogen) atoms. The first-order valence-electron chi connectivity index (χ1n) is 10.2. The van der Waals surface area contributed by atoms with Crippen LogP contribution in [0.25, 0.3) is 11.0 Å². The maximum atomic E-state index is 13.1. The lowest BCUT2D eigenvalue weighted by Crippen LogP contribution is -2.30. The van der Waals surface area contributed by atoms with Crippen LogP contribution in [-0.2, 0) is 11.2 Å². The molecule has 0 bridgehead atoms. The van der Waals surface area contributed by atoms with Crippen LogP contribution in [-0.4, -0.2) is 17.8 Å². The van der Waals surface area contributed by atoms with Crippen molar-refractivity contribution in [2.24, 2.45) is 0 Å². The Kier molecular flexibility index (Phi) is 5.85. The highest BCUT2D eigenvalue weighted by atomic mass is 16.5. The van der Waals surface area contributed by atoms with Gasteiger partial charge in [-0.2, -0.15) is 0 Å². The third-order valence-electron chi connectivity index (χ3n) is 5.10. The smallest absolute Gasteiger partial charge is 0.265 e. The maximum absolute atomic E-state index is 13.1. The molecule has 0 aliphatic rings.